The van der Waals surface area contributed by atoms with Gasteiger partial charge in [-0.2, -0.15) is 5.26 Å². The van der Waals surface area contributed by atoms with Crippen molar-refractivity contribution in [1.82, 2.24) is 9.97 Å². The van der Waals surface area contributed by atoms with Crippen LogP contribution in [-0.2, 0) is 0 Å². The van der Waals surface area contributed by atoms with Gasteiger partial charge in [-0.1, -0.05) is 0 Å². The first kappa shape index (κ1) is 10.8. The highest BCUT2D eigenvalue weighted by atomic mass is 15.2. The van der Waals surface area contributed by atoms with E-state index in [0.717, 1.165) is 31.9 Å². The Morgan fingerprint density at radius 3 is 3.00 bits per heavy atom. The Morgan fingerprint density at radius 2 is 2.38 bits per heavy atom. The van der Waals surface area contributed by atoms with Crippen LogP contribution in [0.1, 0.15) is 18.5 Å². The Kier molecular flexibility index (Phi) is 3.32. The second-order valence-electron chi connectivity index (χ2n) is 4.06. The van der Waals surface area contributed by atoms with Gasteiger partial charge in [-0.25, -0.2) is 9.97 Å². The van der Waals surface area contributed by atoms with E-state index in [1.807, 2.05) is 6.07 Å². The summed E-state index contributed by atoms with van der Waals surface area (Å²) in [6.07, 6.45) is 5.51. The third kappa shape index (κ3) is 2.28. The minimum absolute atomic E-state index is 0.358. The Balaban J connectivity index is 2.08. The summed E-state index contributed by atoms with van der Waals surface area (Å²) in [5, 5.41) is 8.64. The maximum absolute atomic E-state index is 8.64. The maximum atomic E-state index is 8.64. The van der Waals surface area contributed by atoms with Crippen molar-refractivity contribution in [3.8, 4) is 6.07 Å². The molecule has 1 atom stereocenters. The van der Waals surface area contributed by atoms with Crippen LogP contribution >= 0.6 is 0 Å². The van der Waals surface area contributed by atoms with Crippen LogP contribution in [0.3, 0.4) is 0 Å². The summed E-state index contributed by atoms with van der Waals surface area (Å²) in [6.45, 7) is 2.66. The van der Waals surface area contributed by atoms with Crippen LogP contribution in [0.2, 0.25) is 0 Å². The predicted octanol–water partition coefficient (Wildman–Crippen LogP) is 0.523. The monoisotopic (exact) mass is 217 g/mol. The van der Waals surface area contributed by atoms with E-state index in [-0.39, 0.29) is 0 Å². The van der Waals surface area contributed by atoms with Crippen molar-refractivity contribution in [2.45, 2.75) is 12.8 Å². The second kappa shape index (κ2) is 4.90. The van der Waals surface area contributed by atoms with E-state index >= 15 is 0 Å². The van der Waals surface area contributed by atoms with Gasteiger partial charge in [0.1, 0.15) is 11.9 Å². The molecular weight excluding hydrogens is 202 g/mol. The zero-order chi connectivity index (χ0) is 11.4. The molecule has 84 valence electrons. The maximum Gasteiger partial charge on any atom is 0.158 e. The fourth-order valence-electron chi connectivity index (χ4n) is 2.01. The van der Waals surface area contributed by atoms with Crippen LogP contribution in [0, 0.1) is 17.2 Å². The lowest BCUT2D eigenvalue weighted by atomic mass is 9.98. The number of nitriles is 1. The SMILES string of the molecule is N#Cc1cnc(N2CCCC(CN)C2)cn1. The molecule has 0 saturated carbocycles. The molecule has 1 unspecified atom stereocenters. The number of hydrogen-bond acceptors (Lipinski definition) is 5. The molecule has 1 aliphatic rings. The molecule has 1 aromatic heterocycles. The second-order valence-corrected chi connectivity index (χ2v) is 4.06. The zero-order valence-electron chi connectivity index (χ0n) is 9.13. The highest BCUT2D eigenvalue weighted by molar-refractivity contribution is 5.37. The smallest absolute Gasteiger partial charge is 0.158 e. The number of hydrogen-bond donors (Lipinski definition) is 1. The molecule has 5 heteroatoms. The van der Waals surface area contributed by atoms with Gasteiger partial charge in [0.2, 0.25) is 0 Å². The van der Waals surface area contributed by atoms with Gasteiger partial charge < -0.3 is 10.6 Å². The molecule has 0 bridgehead atoms. The van der Waals surface area contributed by atoms with E-state index in [0.29, 0.717) is 11.6 Å². The van der Waals surface area contributed by atoms with Crippen molar-refractivity contribution >= 4 is 5.82 Å². The van der Waals surface area contributed by atoms with E-state index in [9.17, 15) is 0 Å². The molecule has 1 saturated heterocycles. The van der Waals surface area contributed by atoms with Gasteiger partial charge in [-0.3, -0.25) is 0 Å². The van der Waals surface area contributed by atoms with E-state index < -0.39 is 0 Å². The lowest BCUT2D eigenvalue weighted by molar-refractivity contribution is 0.421. The van der Waals surface area contributed by atoms with Gasteiger partial charge in [-0.05, 0) is 25.3 Å². The summed E-state index contributed by atoms with van der Waals surface area (Å²) in [5.74, 6) is 1.39. The van der Waals surface area contributed by atoms with Crippen molar-refractivity contribution in [2.75, 3.05) is 24.5 Å². The van der Waals surface area contributed by atoms with E-state index in [1.165, 1.54) is 12.6 Å². The van der Waals surface area contributed by atoms with Crippen molar-refractivity contribution in [2.24, 2.45) is 11.7 Å². The van der Waals surface area contributed by atoms with Gasteiger partial charge in [0.05, 0.1) is 12.4 Å². The molecule has 0 amide bonds. The topological polar surface area (TPSA) is 78.8 Å². The zero-order valence-corrected chi connectivity index (χ0v) is 9.13. The predicted molar refractivity (Wildman–Crippen MR) is 60.7 cm³/mol. The minimum atomic E-state index is 0.358. The van der Waals surface area contributed by atoms with Gasteiger partial charge in [0.25, 0.3) is 0 Å². The molecule has 1 aromatic rings. The van der Waals surface area contributed by atoms with Gasteiger partial charge in [-0.15, -0.1) is 0 Å². The van der Waals surface area contributed by atoms with E-state index in [2.05, 4.69) is 14.9 Å². The molecule has 1 fully saturated rings. The summed E-state index contributed by atoms with van der Waals surface area (Å²) in [6, 6.07) is 1.96. The first-order valence-corrected chi connectivity index (χ1v) is 5.50. The van der Waals surface area contributed by atoms with Crippen LogP contribution in [0.25, 0.3) is 0 Å². The molecule has 0 radical (unpaired) electrons. The van der Waals surface area contributed by atoms with Crippen molar-refractivity contribution in [3.63, 3.8) is 0 Å². The standard InChI is InChI=1S/C11H15N5/c12-4-9-2-1-3-16(8-9)11-7-14-10(5-13)6-15-11/h6-7,9H,1-4,8,12H2. The molecule has 0 aromatic carbocycles. The molecule has 16 heavy (non-hydrogen) atoms. The van der Waals surface area contributed by atoms with E-state index in [1.54, 1.807) is 6.20 Å². The van der Waals surface area contributed by atoms with Crippen LogP contribution in [-0.4, -0.2) is 29.6 Å². The minimum Gasteiger partial charge on any atom is -0.355 e. The lowest BCUT2D eigenvalue weighted by Crippen LogP contribution is -2.38. The van der Waals surface area contributed by atoms with Crippen molar-refractivity contribution in [1.29, 1.82) is 5.26 Å². The number of piperidine rings is 1. The first-order valence-electron chi connectivity index (χ1n) is 5.50. The largest absolute Gasteiger partial charge is 0.355 e. The lowest BCUT2D eigenvalue weighted by Gasteiger charge is -2.32. The summed E-state index contributed by atoms with van der Waals surface area (Å²) in [5.41, 5.74) is 6.04. The number of nitrogens with two attached hydrogens (primary N) is 1. The summed E-state index contributed by atoms with van der Waals surface area (Å²) < 4.78 is 0. The molecule has 2 heterocycles. The fourth-order valence-corrected chi connectivity index (χ4v) is 2.01. The van der Waals surface area contributed by atoms with Gasteiger partial charge in [0, 0.05) is 13.1 Å². The Morgan fingerprint density at radius 1 is 1.50 bits per heavy atom. The normalized spacial score (nSPS) is 20.5. The summed E-state index contributed by atoms with van der Waals surface area (Å²) in [7, 11) is 0. The van der Waals surface area contributed by atoms with Crippen molar-refractivity contribution < 1.29 is 0 Å². The Hall–Kier alpha value is -1.67. The average molecular weight is 217 g/mol. The first-order chi connectivity index (χ1) is 7.83. The van der Waals surface area contributed by atoms with Crippen LogP contribution in [0.4, 0.5) is 5.82 Å². The molecule has 5 nitrogen and oxygen atoms in total. The van der Waals surface area contributed by atoms with Crippen molar-refractivity contribution in [3.05, 3.63) is 18.1 Å². The summed E-state index contributed by atoms with van der Waals surface area (Å²) >= 11 is 0. The molecule has 2 N–H and O–H groups in total. The molecule has 0 spiro atoms. The number of aromatic nitrogens is 2. The fraction of sp³-hybridized carbons (Fsp3) is 0.545. The average Bonchev–Trinajstić information content (AvgIpc) is 2.39. The van der Waals surface area contributed by atoms with Gasteiger partial charge in [0.15, 0.2) is 5.69 Å². The van der Waals surface area contributed by atoms with Crippen LogP contribution in [0.5, 0.6) is 0 Å². The Labute approximate surface area is 94.9 Å². The number of rotatable bonds is 2. The molecule has 2 rings (SSSR count). The third-order valence-electron chi connectivity index (χ3n) is 2.93. The molecule has 0 aliphatic carbocycles. The molecule has 1 aliphatic heterocycles. The van der Waals surface area contributed by atoms with Crippen LogP contribution < -0.4 is 10.6 Å². The molecular formula is C11H15N5. The highest BCUT2D eigenvalue weighted by Crippen LogP contribution is 2.20. The Bertz CT molecular complexity index is 380. The van der Waals surface area contributed by atoms with Gasteiger partial charge >= 0.3 is 0 Å². The quantitative estimate of drug-likeness (QED) is 0.781. The number of nitrogens with zero attached hydrogens (tertiary/aromatic N) is 4. The highest BCUT2D eigenvalue weighted by Gasteiger charge is 2.19. The van der Waals surface area contributed by atoms with E-state index in [4.69, 9.17) is 11.0 Å². The van der Waals surface area contributed by atoms with Crippen LogP contribution in [0.15, 0.2) is 12.4 Å². The summed E-state index contributed by atoms with van der Waals surface area (Å²) in [4.78, 5) is 10.5. The number of anilines is 1. The third-order valence-corrected chi connectivity index (χ3v) is 2.93.